The van der Waals surface area contributed by atoms with E-state index >= 15 is 0 Å². The van der Waals surface area contributed by atoms with Crippen LogP contribution in [0.25, 0.3) is 0 Å². The first-order valence-electron chi connectivity index (χ1n) is 5.15. The van der Waals surface area contributed by atoms with Gasteiger partial charge in [0.25, 0.3) is 0 Å². The smallest absolute Gasteiger partial charge is 0.218 e. The van der Waals surface area contributed by atoms with Crippen molar-refractivity contribution in [3.63, 3.8) is 0 Å². The lowest BCUT2D eigenvalue weighted by Crippen LogP contribution is -2.15. The number of rotatable bonds is 6. The van der Waals surface area contributed by atoms with Gasteiger partial charge in [0.1, 0.15) is 5.75 Å². The zero-order chi connectivity index (χ0) is 12.0. The van der Waals surface area contributed by atoms with Crippen LogP contribution in [0.1, 0.15) is 24.3 Å². The van der Waals surface area contributed by atoms with Crippen LogP contribution in [0.4, 0.5) is 4.39 Å². The molecule has 1 aromatic carbocycles. The van der Waals surface area contributed by atoms with Crippen LogP contribution in [-0.4, -0.2) is 19.7 Å². The highest BCUT2D eigenvalue weighted by atomic mass is 18.2. The first-order chi connectivity index (χ1) is 7.67. The largest absolute Gasteiger partial charge is 0.497 e. The zero-order valence-corrected chi connectivity index (χ0v) is 9.28. The number of primary amides is 1. The quantitative estimate of drug-likeness (QED) is 0.803. The van der Waals surface area contributed by atoms with Crippen molar-refractivity contribution in [3.05, 3.63) is 29.8 Å². The molecular weight excluding hydrogens is 208 g/mol. The zero-order valence-electron chi connectivity index (χ0n) is 9.28. The Bertz CT molecular complexity index is 355. The summed E-state index contributed by atoms with van der Waals surface area (Å²) in [6, 6.07) is 7.29. The number of alkyl halides is 1. The van der Waals surface area contributed by atoms with Crippen LogP contribution >= 0.6 is 0 Å². The monoisotopic (exact) mass is 224 g/mol. The first-order valence-corrected chi connectivity index (χ1v) is 5.15. The Morgan fingerprint density at radius 3 is 2.88 bits per heavy atom. The van der Waals surface area contributed by atoms with Gasteiger partial charge in [-0.15, -0.1) is 0 Å². The summed E-state index contributed by atoms with van der Waals surface area (Å²) in [5.41, 5.74) is 6.02. The Balaban J connectivity index is 2.86. The Hall–Kier alpha value is -1.58. The number of ether oxygens (including phenoxy) is 1. The summed E-state index contributed by atoms with van der Waals surface area (Å²) >= 11 is 0. The van der Waals surface area contributed by atoms with Crippen molar-refractivity contribution in [2.24, 2.45) is 5.73 Å². The fraction of sp³-hybridized carbons (Fsp3) is 0.417. The number of amides is 1. The third-order valence-electron chi connectivity index (χ3n) is 2.47. The van der Waals surface area contributed by atoms with E-state index in [1.807, 2.05) is 18.2 Å². The highest BCUT2D eigenvalue weighted by Gasteiger charge is 2.14. The molecule has 88 valence electrons. The lowest BCUT2D eigenvalue weighted by Gasteiger charge is -2.14. The molecule has 0 aliphatic rings. The number of methoxy groups -OCH3 is 1. The van der Waals surface area contributed by atoms with Crippen molar-refractivity contribution in [2.45, 2.75) is 18.8 Å². The van der Waals surface area contributed by atoms with E-state index in [0.717, 1.165) is 5.56 Å². The Morgan fingerprint density at radius 2 is 2.31 bits per heavy atom. The molecule has 1 rings (SSSR count). The molecule has 0 saturated heterocycles. The molecule has 2 N–H and O–H groups in total. The number of nitrogens with two attached hydrogens (primary N) is 1. The van der Waals surface area contributed by atoms with Gasteiger partial charge in [0.05, 0.1) is 13.8 Å². The van der Waals surface area contributed by atoms with Crippen molar-refractivity contribution in [1.29, 1.82) is 0 Å². The van der Waals surface area contributed by atoms with E-state index in [1.54, 1.807) is 13.2 Å². The molecule has 0 aliphatic carbocycles. The maximum Gasteiger partial charge on any atom is 0.218 e. The van der Waals surface area contributed by atoms with Crippen LogP contribution in [0.15, 0.2) is 24.3 Å². The van der Waals surface area contributed by atoms with Gasteiger partial charge in [-0.3, -0.25) is 9.18 Å². The number of hydrogen-bond donors (Lipinski definition) is 1. The molecule has 0 aromatic heterocycles. The third kappa shape index (κ3) is 3.53. The van der Waals surface area contributed by atoms with Gasteiger partial charge in [-0.05, 0) is 30.0 Å². The number of carbonyl (C=O) groups excluding carboxylic acids is 1. The molecule has 0 saturated carbocycles. The van der Waals surface area contributed by atoms with Gasteiger partial charge in [-0.2, -0.15) is 0 Å². The van der Waals surface area contributed by atoms with Gasteiger partial charge in [0.2, 0.25) is 5.91 Å². The number of halogens is 1. The van der Waals surface area contributed by atoms with Gasteiger partial charge in [-0.1, -0.05) is 12.1 Å². The molecule has 0 radical (unpaired) electrons. The summed E-state index contributed by atoms with van der Waals surface area (Å²) in [5, 5.41) is 0. The molecule has 4 heteroatoms. The van der Waals surface area contributed by atoms with E-state index in [-0.39, 0.29) is 12.3 Å². The molecule has 3 nitrogen and oxygen atoms in total. The van der Waals surface area contributed by atoms with Crippen LogP contribution in [0, 0.1) is 0 Å². The standard InChI is InChI=1S/C12H16FNO2/c1-16-11-4-2-3-9(7-11)10(5-6-13)8-12(14)15/h2-4,7,10H,5-6,8H2,1H3,(H2,14,15)/i13-1. The summed E-state index contributed by atoms with van der Waals surface area (Å²) < 4.78 is 17.5. The maximum absolute atomic E-state index is 12.4. The van der Waals surface area contributed by atoms with Gasteiger partial charge in [-0.25, -0.2) is 0 Å². The molecule has 0 bridgehead atoms. The normalized spacial score (nSPS) is 12.1. The summed E-state index contributed by atoms with van der Waals surface area (Å²) in [6.07, 6.45) is 0.465. The van der Waals surface area contributed by atoms with Gasteiger partial charge in [0, 0.05) is 6.42 Å². The minimum atomic E-state index is -0.463. The van der Waals surface area contributed by atoms with Crippen LogP contribution < -0.4 is 10.5 Å². The van der Waals surface area contributed by atoms with Gasteiger partial charge < -0.3 is 10.5 Å². The fourth-order valence-electron chi connectivity index (χ4n) is 1.66. The number of carbonyl (C=O) groups is 1. The molecule has 0 fully saturated rings. The summed E-state index contributed by atoms with van der Waals surface area (Å²) in [7, 11) is 1.57. The molecule has 1 aromatic rings. The second-order valence-corrected chi connectivity index (χ2v) is 3.62. The molecular formula is C12H16FNO2. The Kier molecular flexibility index (Phi) is 4.76. The van der Waals surface area contributed by atoms with E-state index in [2.05, 4.69) is 0 Å². The van der Waals surface area contributed by atoms with Crippen molar-refractivity contribution in [2.75, 3.05) is 13.8 Å². The fourth-order valence-corrected chi connectivity index (χ4v) is 1.66. The number of benzene rings is 1. The Labute approximate surface area is 94.4 Å². The molecule has 16 heavy (non-hydrogen) atoms. The molecule has 1 atom stereocenters. The molecule has 0 aliphatic heterocycles. The second-order valence-electron chi connectivity index (χ2n) is 3.62. The van der Waals surface area contributed by atoms with Crippen molar-refractivity contribution < 1.29 is 13.9 Å². The van der Waals surface area contributed by atoms with E-state index in [9.17, 15) is 9.18 Å². The first kappa shape index (κ1) is 12.5. The van der Waals surface area contributed by atoms with Crippen molar-refractivity contribution >= 4 is 5.91 Å². The predicted octanol–water partition coefficient (Wildman–Crippen LogP) is 2.01. The minimum Gasteiger partial charge on any atom is -0.497 e. The van der Waals surface area contributed by atoms with Crippen molar-refractivity contribution in [3.8, 4) is 5.75 Å². The summed E-state index contributed by atoms with van der Waals surface area (Å²) in [6.45, 7) is -0.463. The number of hydrogen-bond acceptors (Lipinski definition) is 2. The lowest BCUT2D eigenvalue weighted by atomic mass is 9.92. The van der Waals surface area contributed by atoms with E-state index < -0.39 is 12.6 Å². The van der Waals surface area contributed by atoms with Gasteiger partial charge >= 0.3 is 0 Å². The van der Waals surface area contributed by atoms with Gasteiger partial charge in [0.15, 0.2) is 0 Å². The van der Waals surface area contributed by atoms with E-state index in [1.165, 1.54) is 0 Å². The van der Waals surface area contributed by atoms with Crippen LogP contribution in [0.2, 0.25) is 0 Å². The molecule has 1 amide bonds. The molecule has 1 unspecified atom stereocenters. The predicted molar refractivity (Wildman–Crippen MR) is 60.1 cm³/mol. The highest BCUT2D eigenvalue weighted by molar-refractivity contribution is 5.74. The highest BCUT2D eigenvalue weighted by Crippen LogP contribution is 2.26. The minimum absolute atomic E-state index is 0.164. The van der Waals surface area contributed by atoms with E-state index in [0.29, 0.717) is 12.2 Å². The average Bonchev–Trinajstić information content (AvgIpc) is 2.28. The summed E-state index contributed by atoms with van der Waals surface area (Å²) in [5.74, 6) is 0.115. The lowest BCUT2D eigenvalue weighted by molar-refractivity contribution is -0.118. The second kappa shape index (κ2) is 6.10. The molecule has 0 heterocycles. The van der Waals surface area contributed by atoms with Crippen LogP contribution in [0.3, 0.4) is 0 Å². The SMILES string of the molecule is COc1cccc(C(CC[18F])CC(N)=O)c1. The Morgan fingerprint density at radius 1 is 1.56 bits per heavy atom. The maximum atomic E-state index is 12.4. The summed E-state index contributed by atoms with van der Waals surface area (Å²) in [4.78, 5) is 10.9. The third-order valence-corrected chi connectivity index (χ3v) is 2.47. The van der Waals surface area contributed by atoms with Crippen LogP contribution in [0.5, 0.6) is 5.75 Å². The van der Waals surface area contributed by atoms with E-state index in [4.69, 9.17) is 10.5 Å². The van der Waals surface area contributed by atoms with Crippen LogP contribution in [-0.2, 0) is 4.79 Å². The van der Waals surface area contributed by atoms with Crippen molar-refractivity contribution in [1.82, 2.24) is 0 Å². The average molecular weight is 224 g/mol. The molecule has 0 spiro atoms. The topological polar surface area (TPSA) is 52.3 Å².